The summed E-state index contributed by atoms with van der Waals surface area (Å²) >= 11 is 0. The first-order valence-electron chi connectivity index (χ1n) is 10.4. The number of nitrogens with one attached hydrogen (secondary N) is 1. The molecule has 1 saturated heterocycles. The van der Waals surface area contributed by atoms with Crippen LogP contribution < -0.4 is 15.0 Å². The molecule has 1 unspecified atom stereocenters. The molecule has 4 aromatic rings. The van der Waals surface area contributed by atoms with Crippen molar-refractivity contribution in [1.29, 1.82) is 0 Å². The van der Waals surface area contributed by atoms with Crippen LogP contribution in [0, 0.1) is 5.82 Å². The van der Waals surface area contributed by atoms with Crippen LogP contribution in [0.5, 0.6) is 5.88 Å². The van der Waals surface area contributed by atoms with Crippen molar-refractivity contribution in [3.8, 4) is 5.88 Å². The molecule has 0 aliphatic carbocycles. The van der Waals surface area contributed by atoms with E-state index in [1.54, 1.807) is 27.7 Å². The van der Waals surface area contributed by atoms with Crippen molar-refractivity contribution >= 4 is 23.2 Å². The Balaban J connectivity index is 1.51. The zero-order valence-electron chi connectivity index (χ0n) is 17.0. The highest BCUT2D eigenvalue weighted by atomic mass is 19.1. The summed E-state index contributed by atoms with van der Waals surface area (Å²) < 4.78 is 23.3. The Hall–Kier alpha value is -4.02. The quantitative estimate of drug-likeness (QED) is 0.453. The van der Waals surface area contributed by atoms with Gasteiger partial charge in [-0.25, -0.2) is 23.6 Å². The lowest BCUT2D eigenvalue weighted by Crippen LogP contribution is -2.25. The van der Waals surface area contributed by atoms with Crippen LogP contribution >= 0.6 is 0 Å². The van der Waals surface area contributed by atoms with Crippen molar-refractivity contribution in [2.45, 2.75) is 25.4 Å². The van der Waals surface area contributed by atoms with Crippen molar-refractivity contribution in [1.82, 2.24) is 29.4 Å². The van der Waals surface area contributed by atoms with Gasteiger partial charge in [0.05, 0.1) is 31.2 Å². The van der Waals surface area contributed by atoms with Crippen LogP contribution in [0.3, 0.4) is 0 Å². The van der Waals surface area contributed by atoms with Crippen LogP contribution in [0.25, 0.3) is 5.65 Å². The Morgan fingerprint density at radius 1 is 1.19 bits per heavy atom. The van der Waals surface area contributed by atoms with Crippen LogP contribution in [0.1, 0.15) is 34.8 Å². The van der Waals surface area contributed by atoms with Crippen molar-refractivity contribution in [3.63, 3.8) is 0 Å². The van der Waals surface area contributed by atoms with Gasteiger partial charge >= 0.3 is 0 Å². The van der Waals surface area contributed by atoms with Gasteiger partial charge in [0.25, 0.3) is 5.91 Å². The predicted octanol–water partition coefficient (Wildman–Crippen LogP) is 2.45. The molecule has 2 bridgehead atoms. The number of carbonyl (C=O) groups excluding carboxylic acids is 1. The van der Waals surface area contributed by atoms with Crippen LogP contribution in [0.4, 0.5) is 16.0 Å². The van der Waals surface area contributed by atoms with E-state index in [1.807, 2.05) is 6.07 Å². The number of hydrogen-bond donors (Lipinski definition) is 1. The SMILES string of the molecule is O=C1Nc2ccnn2CCOc2ncc(F)cc2C2CCCN2c2ccn3ncc1c3n2. The molecule has 0 spiro atoms. The van der Waals surface area contributed by atoms with Crippen molar-refractivity contribution < 1.29 is 13.9 Å². The number of nitrogens with zero attached hydrogens (tertiary/aromatic N) is 7. The van der Waals surface area contributed by atoms with Crippen LogP contribution in [0.15, 0.2) is 43.0 Å². The first-order valence-corrected chi connectivity index (χ1v) is 10.4. The van der Waals surface area contributed by atoms with Gasteiger partial charge in [0.1, 0.15) is 29.6 Å². The van der Waals surface area contributed by atoms with Gasteiger partial charge in [-0.05, 0) is 25.0 Å². The number of amides is 1. The Morgan fingerprint density at radius 2 is 2.12 bits per heavy atom. The molecule has 162 valence electrons. The number of hydrogen-bond acceptors (Lipinski definition) is 7. The molecule has 32 heavy (non-hydrogen) atoms. The maximum atomic E-state index is 14.2. The minimum atomic E-state index is -0.414. The third kappa shape index (κ3) is 3.04. The van der Waals surface area contributed by atoms with Gasteiger partial charge in [-0.1, -0.05) is 0 Å². The third-order valence-corrected chi connectivity index (χ3v) is 5.85. The monoisotopic (exact) mass is 434 g/mol. The van der Waals surface area contributed by atoms with Gasteiger partial charge in [-0.15, -0.1) is 0 Å². The summed E-state index contributed by atoms with van der Waals surface area (Å²) in [6.07, 6.45) is 7.76. The Morgan fingerprint density at radius 3 is 3.06 bits per heavy atom. The lowest BCUT2D eigenvalue weighted by Gasteiger charge is -2.27. The normalized spacial score (nSPS) is 18.3. The van der Waals surface area contributed by atoms with Crippen LogP contribution in [0.2, 0.25) is 0 Å². The lowest BCUT2D eigenvalue weighted by atomic mass is 10.1. The standard InChI is InChI=1S/C21H19FN8O2/c22-13-10-14-16-2-1-6-28(16)17-4-7-30-19(26-17)15(12-25-30)20(31)27-18-3-5-24-29(18)8-9-32-21(14)23-11-13/h3-5,7,10-12,16H,1-2,6,8-9H2,(H,27,31). The molecule has 1 fully saturated rings. The average Bonchev–Trinajstić information content (AvgIpc) is 3.53. The van der Waals surface area contributed by atoms with Crippen molar-refractivity contribution in [2.24, 2.45) is 0 Å². The van der Waals surface area contributed by atoms with Gasteiger partial charge in [0.15, 0.2) is 5.65 Å². The van der Waals surface area contributed by atoms with Crippen LogP contribution in [-0.4, -0.2) is 48.4 Å². The molecule has 10 nitrogen and oxygen atoms in total. The van der Waals surface area contributed by atoms with Gasteiger partial charge in [-0.2, -0.15) is 10.2 Å². The van der Waals surface area contributed by atoms with Gasteiger partial charge in [-0.3, -0.25) is 4.79 Å². The Bertz CT molecular complexity index is 1330. The van der Waals surface area contributed by atoms with Crippen LogP contribution in [-0.2, 0) is 6.54 Å². The van der Waals surface area contributed by atoms with Crippen molar-refractivity contribution in [2.75, 3.05) is 23.4 Å². The number of ether oxygens (including phenoxy) is 1. The van der Waals surface area contributed by atoms with E-state index in [0.717, 1.165) is 25.6 Å². The second kappa shape index (κ2) is 7.29. The number of fused-ring (bicyclic) bond motifs is 6. The second-order valence-corrected chi connectivity index (χ2v) is 7.75. The fraction of sp³-hybridized carbons (Fsp3) is 0.286. The fourth-order valence-electron chi connectivity index (χ4n) is 4.37. The molecule has 0 aromatic carbocycles. The minimum Gasteiger partial charge on any atom is -0.475 e. The van der Waals surface area contributed by atoms with E-state index in [-0.39, 0.29) is 18.6 Å². The number of rotatable bonds is 0. The Kier molecular flexibility index (Phi) is 4.27. The summed E-state index contributed by atoms with van der Waals surface area (Å²) in [6.45, 7) is 1.38. The first kappa shape index (κ1) is 18.7. The molecular formula is C21H19FN8O2. The second-order valence-electron chi connectivity index (χ2n) is 7.75. The summed E-state index contributed by atoms with van der Waals surface area (Å²) in [5, 5.41) is 11.4. The highest BCUT2D eigenvalue weighted by Gasteiger charge is 2.31. The molecule has 4 aromatic heterocycles. The molecule has 2 aliphatic rings. The maximum Gasteiger partial charge on any atom is 0.262 e. The fourth-order valence-corrected chi connectivity index (χ4v) is 4.37. The maximum absolute atomic E-state index is 14.2. The largest absolute Gasteiger partial charge is 0.475 e. The molecular weight excluding hydrogens is 415 g/mol. The number of aromatic nitrogens is 6. The topological polar surface area (TPSA) is 102 Å². The van der Waals surface area contributed by atoms with E-state index in [4.69, 9.17) is 9.72 Å². The lowest BCUT2D eigenvalue weighted by molar-refractivity contribution is 0.102. The smallest absolute Gasteiger partial charge is 0.262 e. The Labute approximate surface area is 181 Å². The highest BCUT2D eigenvalue weighted by molar-refractivity contribution is 6.07. The molecule has 0 saturated carbocycles. The zero-order valence-corrected chi connectivity index (χ0v) is 17.0. The highest BCUT2D eigenvalue weighted by Crippen LogP contribution is 2.39. The summed E-state index contributed by atoms with van der Waals surface area (Å²) in [4.78, 5) is 24.1. The summed E-state index contributed by atoms with van der Waals surface area (Å²) in [6, 6.07) is 4.89. The molecule has 1 N–H and O–H groups in total. The average molecular weight is 434 g/mol. The molecule has 6 heterocycles. The number of carbonyl (C=O) groups is 1. The van der Waals surface area contributed by atoms with E-state index in [1.165, 1.54) is 12.3 Å². The van der Waals surface area contributed by atoms with Crippen molar-refractivity contribution in [3.05, 3.63) is 59.9 Å². The van der Waals surface area contributed by atoms with Gasteiger partial charge < -0.3 is 15.0 Å². The molecule has 11 heteroatoms. The molecule has 6 rings (SSSR count). The summed E-state index contributed by atoms with van der Waals surface area (Å²) in [5.41, 5.74) is 1.48. The minimum absolute atomic E-state index is 0.145. The van der Waals surface area contributed by atoms with E-state index < -0.39 is 5.82 Å². The molecule has 2 aliphatic heterocycles. The summed E-state index contributed by atoms with van der Waals surface area (Å²) in [5.74, 6) is 0.860. The first-order chi connectivity index (χ1) is 15.7. The number of anilines is 2. The third-order valence-electron chi connectivity index (χ3n) is 5.85. The number of pyridine rings is 1. The van der Waals surface area contributed by atoms with Gasteiger partial charge in [0.2, 0.25) is 5.88 Å². The van der Waals surface area contributed by atoms with E-state index in [9.17, 15) is 9.18 Å². The zero-order chi connectivity index (χ0) is 21.7. The van der Waals surface area contributed by atoms with Gasteiger partial charge in [0, 0.05) is 24.4 Å². The van der Waals surface area contributed by atoms with E-state index >= 15 is 0 Å². The van der Waals surface area contributed by atoms with E-state index in [2.05, 4.69) is 25.4 Å². The molecule has 1 amide bonds. The number of halogens is 1. The molecule has 1 atom stereocenters. The summed E-state index contributed by atoms with van der Waals surface area (Å²) in [7, 11) is 0. The van der Waals surface area contributed by atoms with E-state index in [0.29, 0.717) is 40.8 Å². The molecule has 0 radical (unpaired) electrons. The predicted molar refractivity (Wildman–Crippen MR) is 112 cm³/mol.